The Kier molecular flexibility index (Phi) is 7.96. The van der Waals surface area contributed by atoms with Gasteiger partial charge < -0.3 is 25.2 Å². The average Bonchev–Trinajstić information content (AvgIpc) is 2.45. The molecule has 25 heavy (non-hydrogen) atoms. The summed E-state index contributed by atoms with van der Waals surface area (Å²) in [4.78, 5) is 22.8. The zero-order valence-electron chi connectivity index (χ0n) is 15.7. The van der Waals surface area contributed by atoms with E-state index < -0.39 is 5.60 Å². The highest BCUT2D eigenvalue weighted by Gasteiger charge is 2.22. The van der Waals surface area contributed by atoms with Crippen LogP contribution in [0.2, 0.25) is 0 Å². The Labute approximate surface area is 150 Å². The van der Waals surface area contributed by atoms with Crippen molar-refractivity contribution < 1.29 is 19.1 Å². The standard InChI is InChI=1S/C18H28BN2O4/c1-12(2)24-16-7-6-14(20)8-13(16)9-15(21-19-11-22)10-17(23)25-18(3,4)5/h6-8,11-12,15,21H,9-10,20H2,1-5H3/t15-/m0/s1. The predicted octanol–water partition coefficient (Wildman–Crippen LogP) is 2.10. The first-order valence-electron chi connectivity index (χ1n) is 8.40. The van der Waals surface area contributed by atoms with Gasteiger partial charge in [0.25, 0.3) is 7.41 Å². The summed E-state index contributed by atoms with van der Waals surface area (Å²) >= 11 is 0. The molecule has 0 bridgehead atoms. The Balaban J connectivity index is 2.92. The maximum absolute atomic E-state index is 12.1. The monoisotopic (exact) mass is 347 g/mol. The zero-order valence-corrected chi connectivity index (χ0v) is 15.7. The maximum Gasteiger partial charge on any atom is 0.307 e. The van der Waals surface area contributed by atoms with Crippen molar-refractivity contribution in [2.45, 2.75) is 65.2 Å². The van der Waals surface area contributed by atoms with E-state index >= 15 is 0 Å². The summed E-state index contributed by atoms with van der Waals surface area (Å²) < 4.78 is 11.2. The van der Waals surface area contributed by atoms with E-state index in [4.69, 9.17) is 15.2 Å². The Morgan fingerprint density at radius 1 is 1.36 bits per heavy atom. The van der Waals surface area contributed by atoms with Crippen LogP contribution in [-0.2, 0) is 20.7 Å². The molecule has 1 atom stereocenters. The van der Waals surface area contributed by atoms with E-state index in [0.29, 0.717) is 24.0 Å². The smallest absolute Gasteiger partial charge is 0.307 e. The van der Waals surface area contributed by atoms with Crippen molar-refractivity contribution in [1.82, 2.24) is 5.23 Å². The lowest BCUT2D eigenvalue weighted by atomic mass is 9.92. The molecule has 0 amide bonds. The van der Waals surface area contributed by atoms with Crippen LogP contribution >= 0.6 is 0 Å². The molecule has 0 spiro atoms. The van der Waals surface area contributed by atoms with Gasteiger partial charge in [-0.2, -0.15) is 0 Å². The number of nitrogens with two attached hydrogens (primary N) is 1. The van der Waals surface area contributed by atoms with E-state index in [-0.39, 0.29) is 24.5 Å². The summed E-state index contributed by atoms with van der Waals surface area (Å²) in [6.45, 7) is 9.33. The van der Waals surface area contributed by atoms with Gasteiger partial charge >= 0.3 is 5.97 Å². The predicted molar refractivity (Wildman–Crippen MR) is 100 cm³/mol. The first kappa shape index (κ1) is 21.0. The Bertz CT molecular complexity index is 585. The molecule has 1 rings (SSSR count). The van der Waals surface area contributed by atoms with Crippen LogP contribution < -0.4 is 15.7 Å². The Hall–Kier alpha value is -2.02. The molecule has 0 aromatic heterocycles. The van der Waals surface area contributed by atoms with E-state index in [1.165, 1.54) is 7.41 Å². The first-order chi connectivity index (χ1) is 11.6. The fourth-order valence-electron chi connectivity index (χ4n) is 2.34. The minimum Gasteiger partial charge on any atom is -0.491 e. The van der Waals surface area contributed by atoms with Crippen LogP contribution in [-0.4, -0.2) is 37.3 Å². The van der Waals surface area contributed by atoms with Crippen molar-refractivity contribution in [3.8, 4) is 5.75 Å². The molecule has 1 aromatic rings. The van der Waals surface area contributed by atoms with Crippen LogP contribution in [0, 0.1) is 0 Å². The van der Waals surface area contributed by atoms with Gasteiger partial charge in [-0.15, -0.1) is 0 Å². The summed E-state index contributed by atoms with van der Waals surface area (Å²) in [5, 5.41) is 2.94. The normalized spacial score (nSPS) is 12.6. The van der Waals surface area contributed by atoms with Crippen LogP contribution in [0.1, 0.15) is 46.6 Å². The number of carbonyl (C=O) groups is 2. The van der Waals surface area contributed by atoms with Gasteiger partial charge in [0.2, 0.25) is 0 Å². The largest absolute Gasteiger partial charge is 0.491 e. The van der Waals surface area contributed by atoms with Crippen molar-refractivity contribution in [2.24, 2.45) is 0 Å². The van der Waals surface area contributed by atoms with Crippen LogP contribution in [0.15, 0.2) is 18.2 Å². The number of benzene rings is 1. The SMILES string of the molecule is CC(C)Oc1ccc(N)cc1C[C@@H](CC(=O)OC(C)(C)C)N[B]C=O. The van der Waals surface area contributed by atoms with Gasteiger partial charge in [0.1, 0.15) is 11.4 Å². The number of ether oxygens (including phenoxy) is 2. The molecule has 0 fully saturated rings. The van der Waals surface area contributed by atoms with Crippen molar-refractivity contribution in [3.63, 3.8) is 0 Å². The first-order valence-corrected chi connectivity index (χ1v) is 8.40. The average molecular weight is 347 g/mol. The van der Waals surface area contributed by atoms with Gasteiger partial charge in [-0.05, 0) is 64.8 Å². The molecular formula is C18H28BN2O4. The number of anilines is 1. The molecule has 0 saturated heterocycles. The number of carbonyl (C=O) groups excluding carboxylic acids is 2. The van der Waals surface area contributed by atoms with Crippen molar-refractivity contribution in [1.29, 1.82) is 0 Å². The molecule has 0 heterocycles. The second-order valence-corrected chi connectivity index (χ2v) is 7.19. The van der Waals surface area contributed by atoms with Crippen LogP contribution in [0.5, 0.6) is 5.75 Å². The molecule has 0 aliphatic heterocycles. The van der Waals surface area contributed by atoms with Gasteiger partial charge in [-0.25, -0.2) is 0 Å². The summed E-state index contributed by atoms with van der Waals surface area (Å²) in [7, 11) is 1.28. The second kappa shape index (κ2) is 9.46. The molecule has 137 valence electrons. The summed E-state index contributed by atoms with van der Waals surface area (Å²) in [6.07, 6.45) is 1.25. The molecule has 7 heteroatoms. The minimum atomic E-state index is -0.556. The number of esters is 1. The molecule has 0 aliphatic carbocycles. The number of nitrogen functional groups attached to an aromatic ring is 1. The third-order valence-electron chi connectivity index (χ3n) is 3.15. The van der Waals surface area contributed by atoms with Crippen molar-refractivity contribution in [3.05, 3.63) is 23.8 Å². The number of hydrogen-bond acceptors (Lipinski definition) is 6. The van der Waals surface area contributed by atoms with E-state index in [1.54, 1.807) is 6.07 Å². The van der Waals surface area contributed by atoms with Crippen molar-refractivity contribution in [2.75, 3.05) is 5.73 Å². The van der Waals surface area contributed by atoms with E-state index in [2.05, 4.69) is 5.23 Å². The van der Waals surface area contributed by atoms with E-state index in [0.717, 1.165) is 5.56 Å². The Morgan fingerprint density at radius 3 is 2.60 bits per heavy atom. The molecule has 0 saturated carbocycles. The lowest BCUT2D eigenvalue weighted by molar-refractivity contribution is -0.155. The van der Waals surface area contributed by atoms with Gasteiger partial charge in [0.05, 0.1) is 18.7 Å². The topological polar surface area (TPSA) is 90.7 Å². The Morgan fingerprint density at radius 2 is 2.04 bits per heavy atom. The third kappa shape index (κ3) is 8.58. The highest BCUT2D eigenvalue weighted by atomic mass is 16.6. The molecule has 6 nitrogen and oxygen atoms in total. The summed E-state index contributed by atoms with van der Waals surface area (Å²) in [5.41, 5.74) is 6.81. The van der Waals surface area contributed by atoms with Gasteiger partial charge in [0, 0.05) is 11.7 Å². The van der Waals surface area contributed by atoms with E-state index in [1.807, 2.05) is 46.8 Å². The molecule has 3 N–H and O–H groups in total. The molecule has 0 aliphatic rings. The van der Waals surface area contributed by atoms with Crippen molar-refractivity contribution >= 4 is 25.3 Å². The summed E-state index contributed by atoms with van der Waals surface area (Å²) in [5.74, 6) is 0.380. The lowest BCUT2D eigenvalue weighted by Crippen LogP contribution is -2.38. The molecule has 1 radical (unpaired) electrons. The lowest BCUT2D eigenvalue weighted by Gasteiger charge is -2.23. The number of hydrogen-bond donors (Lipinski definition) is 2. The van der Waals surface area contributed by atoms with E-state index in [9.17, 15) is 9.59 Å². The quantitative estimate of drug-likeness (QED) is 0.308. The number of rotatable bonds is 9. The highest BCUT2D eigenvalue weighted by Crippen LogP contribution is 2.25. The second-order valence-electron chi connectivity index (χ2n) is 7.19. The fourth-order valence-corrected chi connectivity index (χ4v) is 2.34. The molecule has 0 unspecified atom stereocenters. The maximum atomic E-state index is 12.1. The molecule has 1 aromatic carbocycles. The highest BCUT2D eigenvalue weighted by molar-refractivity contribution is 6.64. The van der Waals surface area contributed by atoms with Gasteiger partial charge in [-0.3, -0.25) is 4.79 Å². The third-order valence-corrected chi connectivity index (χ3v) is 3.15. The van der Waals surface area contributed by atoms with Crippen LogP contribution in [0.3, 0.4) is 0 Å². The fraction of sp³-hybridized carbons (Fsp3) is 0.556. The minimum absolute atomic E-state index is 0.0150. The molecular weight excluding hydrogens is 319 g/mol. The summed E-state index contributed by atoms with van der Waals surface area (Å²) in [6, 6.07) is 5.10. The number of nitrogens with one attached hydrogen (secondary N) is 1. The van der Waals surface area contributed by atoms with Crippen LogP contribution in [0.4, 0.5) is 5.69 Å². The van der Waals surface area contributed by atoms with Crippen LogP contribution in [0.25, 0.3) is 0 Å². The zero-order chi connectivity index (χ0) is 19.0. The van der Waals surface area contributed by atoms with Gasteiger partial charge in [0.15, 0.2) is 0 Å². The van der Waals surface area contributed by atoms with Gasteiger partial charge in [-0.1, -0.05) is 0 Å².